The molecule has 0 spiro atoms. The highest BCUT2D eigenvalue weighted by Crippen LogP contribution is 2.28. The van der Waals surface area contributed by atoms with Gasteiger partial charge in [-0.05, 0) is 11.6 Å². The van der Waals surface area contributed by atoms with Crippen LogP contribution in [0.2, 0.25) is 0 Å². The zero-order valence-electron chi connectivity index (χ0n) is 12.6. The van der Waals surface area contributed by atoms with Crippen LogP contribution in [-0.2, 0) is 6.54 Å². The maximum absolute atomic E-state index is 9.45. The summed E-state index contributed by atoms with van der Waals surface area (Å²) >= 11 is 0. The molecule has 0 unspecified atom stereocenters. The van der Waals surface area contributed by atoms with Crippen molar-refractivity contribution in [3.05, 3.63) is 65.9 Å². The van der Waals surface area contributed by atoms with E-state index in [4.69, 9.17) is 0 Å². The fourth-order valence-corrected chi connectivity index (χ4v) is 2.63. The second-order valence-electron chi connectivity index (χ2n) is 5.16. The number of nitrogens with zero attached hydrogens (tertiary/aromatic N) is 4. The normalized spacial score (nSPS) is 10.4. The lowest BCUT2D eigenvalue weighted by atomic mass is 10.1. The van der Waals surface area contributed by atoms with Crippen molar-refractivity contribution in [2.75, 3.05) is 18.1 Å². The molecule has 0 saturated heterocycles. The van der Waals surface area contributed by atoms with Crippen LogP contribution in [0.15, 0.2) is 54.6 Å². The van der Waals surface area contributed by atoms with E-state index in [1.165, 1.54) is 0 Å². The van der Waals surface area contributed by atoms with E-state index in [9.17, 15) is 10.4 Å². The van der Waals surface area contributed by atoms with Gasteiger partial charge >= 0.3 is 0 Å². The fraction of sp³-hybridized carbons (Fsp3) is 0.167. The number of aromatic nitrogens is 2. The van der Waals surface area contributed by atoms with Gasteiger partial charge in [0.1, 0.15) is 6.07 Å². The highest BCUT2D eigenvalue weighted by molar-refractivity contribution is 5.93. The lowest BCUT2D eigenvalue weighted by Crippen LogP contribution is -2.27. The Bertz CT molecular complexity index is 843. The summed E-state index contributed by atoms with van der Waals surface area (Å²) < 4.78 is 0. The molecule has 5 heteroatoms. The molecule has 0 aliphatic rings. The van der Waals surface area contributed by atoms with E-state index in [1.807, 2.05) is 59.5 Å². The average Bonchev–Trinajstić information content (AvgIpc) is 2.61. The smallest absolute Gasteiger partial charge is 0.187 e. The van der Waals surface area contributed by atoms with Gasteiger partial charge in [-0.3, -0.25) is 0 Å². The summed E-state index contributed by atoms with van der Waals surface area (Å²) in [6.07, 6.45) is 0. The number of anilines is 1. The van der Waals surface area contributed by atoms with Crippen molar-refractivity contribution in [3.63, 3.8) is 0 Å². The topological polar surface area (TPSA) is 73.0 Å². The second kappa shape index (κ2) is 6.86. The number of nitriles is 1. The monoisotopic (exact) mass is 304 g/mol. The van der Waals surface area contributed by atoms with E-state index in [1.54, 1.807) is 0 Å². The predicted octanol–water partition coefficient (Wildman–Crippen LogP) is 2.50. The van der Waals surface area contributed by atoms with E-state index < -0.39 is 0 Å². The van der Waals surface area contributed by atoms with Gasteiger partial charge in [0.15, 0.2) is 5.69 Å². The zero-order valence-corrected chi connectivity index (χ0v) is 12.6. The van der Waals surface area contributed by atoms with Gasteiger partial charge in [-0.2, -0.15) is 5.26 Å². The molecule has 0 aliphatic heterocycles. The highest BCUT2D eigenvalue weighted by atomic mass is 16.3. The van der Waals surface area contributed by atoms with Crippen molar-refractivity contribution >= 4 is 16.6 Å². The minimum atomic E-state index is -0.00560. The van der Waals surface area contributed by atoms with Gasteiger partial charge in [-0.15, -0.1) is 10.2 Å². The summed E-state index contributed by atoms with van der Waals surface area (Å²) in [6, 6.07) is 19.7. The first-order chi connectivity index (χ1) is 11.3. The van der Waals surface area contributed by atoms with E-state index >= 15 is 0 Å². The maximum Gasteiger partial charge on any atom is 0.187 e. The summed E-state index contributed by atoms with van der Waals surface area (Å²) in [6.45, 7) is 0.999. The van der Waals surface area contributed by atoms with Crippen LogP contribution in [0.1, 0.15) is 11.3 Å². The van der Waals surface area contributed by atoms with Crippen LogP contribution < -0.4 is 4.90 Å². The van der Waals surface area contributed by atoms with Crippen LogP contribution in [-0.4, -0.2) is 28.5 Å². The average molecular weight is 304 g/mol. The quantitative estimate of drug-likeness (QED) is 0.784. The minimum absolute atomic E-state index is 0.00560. The van der Waals surface area contributed by atoms with Crippen molar-refractivity contribution in [2.24, 2.45) is 0 Å². The van der Waals surface area contributed by atoms with Gasteiger partial charge < -0.3 is 10.0 Å². The Hall–Kier alpha value is -2.97. The Morgan fingerprint density at radius 1 is 1.00 bits per heavy atom. The van der Waals surface area contributed by atoms with Gasteiger partial charge in [-0.1, -0.05) is 48.5 Å². The molecule has 5 nitrogen and oxygen atoms in total. The van der Waals surface area contributed by atoms with Gasteiger partial charge in [0.2, 0.25) is 0 Å². The molecular formula is C18H16N4O. The Morgan fingerprint density at radius 2 is 1.74 bits per heavy atom. The number of hydrogen-bond donors (Lipinski definition) is 1. The van der Waals surface area contributed by atoms with Crippen LogP contribution in [0, 0.1) is 11.3 Å². The molecule has 23 heavy (non-hydrogen) atoms. The lowest BCUT2D eigenvalue weighted by Gasteiger charge is -2.25. The first-order valence-electron chi connectivity index (χ1n) is 7.38. The third-order valence-electron chi connectivity index (χ3n) is 3.65. The lowest BCUT2D eigenvalue weighted by molar-refractivity contribution is 0.301. The van der Waals surface area contributed by atoms with Gasteiger partial charge in [0, 0.05) is 18.5 Å². The highest BCUT2D eigenvalue weighted by Gasteiger charge is 2.17. The molecule has 2 aromatic carbocycles. The molecule has 0 radical (unpaired) electrons. The Balaban J connectivity index is 2.12. The minimum Gasteiger partial charge on any atom is -0.395 e. The Labute approximate surface area is 134 Å². The second-order valence-corrected chi connectivity index (χ2v) is 5.16. The molecule has 0 fully saturated rings. The number of aliphatic hydroxyl groups excluding tert-OH is 1. The van der Waals surface area contributed by atoms with Gasteiger partial charge in [0.05, 0.1) is 17.8 Å². The van der Waals surface area contributed by atoms with Crippen molar-refractivity contribution in [1.82, 2.24) is 10.2 Å². The van der Waals surface area contributed by atoms with Crippen molar-refractivity contribution < 1.29 is 5.11 Å². The molecule has 0 saturated carbocycles. The molecule has 1 N–H and O–H groups in total. The molecule has 1 aromatic heterocycles. The molecule has 3 rings (SSSR count). The number of benzene rings is 2. The Morgan fingerprint density at radius 3 is 2.48 bits per heavy atom. The molecule has 1 heterocycles. The molecule has 0 amide bonds. The molecule has 0 atom stereocenters. The van der Waals surface area contributed by atoms with Gasteiger partial charge in [0.25, 0.3) is 0 Å². The summed E-state index contributed by atoms with van der Waals surface area (Å²) in [5.74, 6) is 0. The third kappa shape index (κ3) is 3.12. The van der Waals surface area contributed by atoms with Crippen molar-refractivity contribution in [2.45, 2.75) is 6.54 Å². The largest absolute Gasteiger partial charge is 0.395 e. The van der Waals surface area contributed by atoms with Crippen LogP contribution >= 0.6 is 0 Å². The van der Waals surface area contributed by atoms with Gasteiger partial charge in [-0.25, -0.2) is 0 Å². The van der Waals surface area contributed by atoms with Crippen LogP contribution in [0.25, 0.3) is 10.9 Å². The molecule has 0 bridgehead atoms. The summed E-state index contributed by atoms with van der Waals surface area (Å²) in [7, 11) is 0. The number of rotatable bonds is 5. The molecule has 3 aromatic rings. The Kier molecular flexibility index (Phi) is 4.46. The first-order valence-corrected chi connectivity index (χ1v) is 7.38. The van der Waals surface area contributed by atoms with Crippen LogP contribution in [0.3, 0.4) is 0 Å². The van der Waals surface area contributed by atoms with Crippen molar-refractivity contribution in [1.29, 1.82) is 5.26 Å². The summed E-state index contributed by atoms with van der Waals surface area (Å²) in [5.41, 5.74) is 2.83. The van der Waals surface area contributed by atoms with Crippen LogP contribution in [0.5, 0.6) is 0 Å². The number of hydrogen-bond acceptors (Lipinski definition) is 5. The van der Waals surface area contributed by atoms with Crippen molar-refractivity contribution in [3.8, 4) is 6.07 Å². The summed E-state index contributed by atoms with van der Waals surface area (Å²) in [4.78, 5) is 1.98. The maximum atomic E-state index is 9.45. The van der Waals surface area contributed by atoms with E-state index in [0.29, 0.717) is 13.1 Å². The molecule has 0 aliphatic carbocycles. The van der Waals surface area contributed by atoms with E-state index in [0.717, 1.165) is 22.2 Å². The predicted molar refractivity (Wildman–Crippen MR) is 88.8 cm³/mol. The van der Waals surface area contributed by atoms with E-state index in [2.05, 4.69) is 16.3 Å². The fourth-order valence-electron chi connectivity index (χ4n) is 2.63. The van der Waals surface area contributed by atoms with E-state index in [-0.39, 0.29) is 12.3 Å². The summed E-state index contributed by atoms with van der Waals surface area (Å²) in [5, 5.41) is 27.9. The number of fused-ring (bicyclic) bond motifs is 1. The molecular weight excluding hydrogens is 288 g/mol. The zero-order chi connectivity index (χ0) is 16.1. The third-order valence-corrected chi connectivity index (χ3v) is 3.65. The SMILES string of the molecule is N#Cc1nnc2ccccc2c1N(CCO)Cc1ccccc1. The molecule has 114 valence electrons. The van der Waals surface area contributed by atoms with Crippen LogP contribution in [0.4, 0.5) is 5.69 Å². The standard InChI is InChI=1S/C18H16N4O/c19-12-17-18(15-8-4-5-9-16(15)20-21-17)22(10-11-23)13-14-6-2-1-3-7-14/h1-9,23H,10-11,13H2. The first kappa shape index (κ1) is 14.9. The number of aliphatic hydroxyl groups is 1.